The van der Waals surface area contributed by atoms with E-state index in [0.717, 1.165) is 23.1 Å². The van der Waals surface area contributed by atoms with E-state index in [1.165, 1.54) is 11.8 Å². The number of carbonyl (C=O) groups excluding carboxylic acids is 1. The standard InChI is InChI=1S/C22H23ClN4O3S/c1-14(2)11-27-20(9-15-3-5-16(23)6-4-15)25-26-22(27)31-12-21(28)24-17-7-8-18-19(10-17)30-13-29-18/h3-8,10,14H,9,11-13H2,1-2H3,(H,24,28). The second-order valence-electron chi connectivity index (χ2n) is 7.61. The van der Waals surface area contributed by atoms with Crippen LogP contribution in [0.1, 0.15) is 25.2 Å². The minimum Gasteiger partial charge on any atom is -0.454 e. The summed E-state index contributed by atoms with van der Waals surface area (Å²) >= 11 is 7.36. The van der Waals surface area contributed by atoms with Gasteiger partial charge in [0.05, 0.1) is 5.75 Å². The average molecular weight is 459 g/mol. The second-order valence-corrected chi connectivity index (χ2v) is 8.99. The highest BCUT2D eigenvalue weighted by atomic mass is 35.5. The van der Waals surface area contributed by atoms with Gasteiger partial charge in [-0.25, -0.2) is 0 Å². The first-order valence-corrected chi connectivity index (χ1v) is 11.3. The lowest BCUT2D eigenvalue weighted by molar-refractivity contribution is -0.113. The first-order valence-electron chi connectivity index (χ1n) is 9.97. The Bertz CT molecular complexity index is 1070. The van der Waals surface area contributed by atoms with E-state index in [2.05, 4.69) is 33.9 Å². The fourth-order valence-corrected chi connectivity index (χ4v) is 4.08. The molecule has 3 aromatic rings. The molecular weight excluding hydrogens is 436 g/mol. The number of ether oxygens (including phenoxy) is 2. The monoisotopic (exact) mass is 458 g/mol. The van der Waals surface area contributed by atoms with Gasteiger partial charge in [-0.3, -0.25) is 4.79 Å². The minimum absolute atomic E-state index is 0.123. The number of benzene rings is 2. The quantitative estimate of drug-likeness (QED) is 0.495. The second kappa shape index (κ2) is 9.62. The van der Waals surface area contributed by atoms with Crippen molar-refractivity contribution >= 4 is 35.0 Å². The van der Waals surface area contributed by atoms with Crippen molar-refractivity contribution in [1.82, 2.24) is 14.8 Å². The molecule has 2 aromatic carbocycles. The van der Waals surface area contributed by atoms with E-state index in [4.69, 9.17) is 21.1 Å². The molecule has 0 fully saturated rings. The Labute approximate surface area is 190 Å². The van der Waals surface area contributed by atoms with Crippen molar-refractivity contribution in [2.75, 3.05) is 17.9 Å². The minimum atomic E-state index is -0.123. The molecule has 0 saturated heterocycles. The van der Waals surface area contributed by atoms with Crippen LogP contribution in [0.15, 0.2) is 47.6 Å². The number of carbonyl (C=O) groups is 1. The highest BCUT2D eigenvalue weighted by Gasteiger charge is 2.17. The Kier molecular flexibility index (Phi) is 6.67. The van der Waals surface area contributed by atoms with Crippen molar-refractivity contribution in [1.29, 1.82) is 0 Å². The van der Waals surface area contributed by atoms with Crippen LogP contribution in [0.5, 0.6) is 11.5 Å². The number of nitrogens with zero attached hydrogens (tertiary/aromatic N) is 3. The van der Waals surface area contributed by atoms with E-state index in [9.17, 15) is 4.79 Å². The molecule has 0 bridgehead atoms. The van der Waals surface area contributed by atoms with Crippen molar-refractivity contribution in [3.63, 3.8) is 0 Å². The van der Waals surface area contributed by atoms with E-state index in [1.54, 1.807) is 18.2 Å². The summed E-state index contributed by atoms with van der Waals surface area (Å²) in [5.74, 6) is 2.71. The topological polar surface area (TPSA) is 78.3 Å². The largest absolute Gasteiger partial charge is 0.454 e. The molecule has 1 amide bonds. The summed E-state index contributed by atoms with van der Waals surface area (Å²) in [6.07, 6.45) is 0.654. The number of hydrogen-bond acceptors (Lipinski definition) is 6. The highest BCUT2D eigenvalue weighted by Crippen LogP contribution is 2.34. The summed E-state index contributed by atoms with van der Waals surface area (Å²) in [7, 11) is 0. The van der Waals surface area contributed by atoms with Gasteiger partial charge in [0.25, 0.3) is 0 Å². The Morgan fingerprint density at radius 2 is 1.94 bits per heavy atom. The molecule has 2 heterocycles. The van der Waals surface area contributed by atoms with Crippen molar-refractivity contribution in [2.45, 2.75) is 32.0 Å². The lowest BCUT2D eigenvalue weighted by atomic mass is 10.1. The molecule has 162 valence electrons. The van der Waals surface area contributed by atoms with E-state index < -0.39 is 0 Å². The van der Waals surface area contributed by atoms with E-state index in [0.29, 0.717) is 34.5 Å². The molecule has 9 heteroatoms. The number of hydrogen-bond donors (Lipinski definition) is 1. The molecule has 31 heavy (non-hydrogen) atoms. The van der Waals surface area contributed by atoms with E-state index >= 15 is 0 Å². The smallest absolute Gasteiger partial charge is 0.234 e. The Balaban J connectivity index is 1.41. The van der Waals surface area contributed by atoms with Gasteiger partial charge in [-0.05, 0) is 35.7 Å². The van der Waals surface area contributed by atoms with Crippen LogP contribution in [0.3, 0.4) is 0 Å². The van der Waals surface area contributed by atoms with E-state index in [-0.39, 0.29) is 18.5 Å². The van der Waals surface area contributed by atoms with Crippen molar-refractivity contribution in [3.8, 4) is 11.5 Å². The van der Waals surface area contributed by atoms with Gasteiger partial charge in [0.1, 0.15) is 5.82 Å². The average Bonchev–Trinajstić information content (AvgIpc) is 3.35. The van der Waals surface area contributed by atoms with Crippen molar-refractivity contribution < 1.29 is 14.3 Å². The predicted octanol–water partition coefficient (Wildman–Crippen LogP) is 4.64. The Morgan fingerprint density at radius 3 is 2.71 bits per heavy atom. The molecule has 0 atom stereocenters. The lowest BCUT2D eigenvalue weighted by Gasteiger charge is -2.12. The van der Waals surface area contributed by atoms with Gasteiger partial charge in [-0.2, -0.15) is 0 Å². The van der Waals surface area contributed by atoms with Gasteiger partial charge in [-0.1, -0.05) is 49.3 Å². The molecular formula is C22H23ClN4O3S. The Hall–Kier alpha value is -2.71. The molecule has 0 unspecified atom stereocenters. The van der Waals surface area contributed by atoms with Gasteiger partial charge in [-0.15, -0.1) is 10.2 Å². The first kappa shape index (κ1) is 21.5. The molecule has 0 radical (unpaired) electrons. The summed E-state index contributed by atoms with van der Waals surface area (Å²) in [5, 5.41) is 13.1. The Morgan fingerprint density at radius 1 is 1.16 bits per heavy atom. The van der Waals surface area contributed by atoms with Crippen molar-refractivity contribution in [2.24, 2.45) is 5.92 Å². The molecule has 1 aromatic heterocycles. The summed E-state index contributed by atoms with van der Waals surface area (Å²) in [5.41, 5.74) is 1.78. The number of fused-ring (bicyclic) bond motifs is 1. The zero-order valence-corrected chi connectivity index (χ0v) is 18.9. The SMILES string of the molecule is CC(C)Cn1c(Cc2ccc(Cl)cc2)nnc1SCC(=O)Nc1ccc2c(c1)OCO2. The number of nitrogens with one attached hydrogen (secondary N) is 1. The van der Waals surface area contributed by atoms with Gasteiger partial charge < -0.3 is 19.4 Å². The maximum Gasteiger partial charge on any atom is 0.234 e. The molecule has 0 saturated carbocycles. The number of anilines is 1. The molecule has 7 nitrogen and oxygen atoms in total. The summed E-state index contributed by atoms with van der Waals surface area (Å²) in [6.45, 7) is 5.27. The van der Waals surface area contributed by atoms with Crippen LogP contribution in [0.2, 0.25) is 5.02 Å². The van der Waals surface area contributed by atoms with Crippen LogP contribution in [0.25, 0.3) is 0 Å². The highest BCUT2D eigenvalue weighted by molar-refractivity contribution is 7.99. The molecule has 4 rings (SSSR count). The van der Waals surface area contributed by atoms with Crippen LogP contribution in [-0.4, -0.2) is 33.2 Å². The molecule has 1 aliphatic heterocycles. The van der Waals surface area contributed by atoms with Crippen LogP contribution >= 0.6 is 23.4 Å². The first-order chi connectivity index (χ1) is 15.0. The predicted molar refractivity (Wildman–Crippen MR) is 121 cm³/mol. The number of aromatic nitrogens is 3. The molecule has 0 spiro atoms. The van der Waals surface area contributed by atoms with Crippen LogP contribution in [0.4, 0.5) is 5.69 Å². The molecule has 1 N–H and O–H groups in total. The third-order valence-corrected chi connectivity index (χ3v) is 5.82. The third-order valence-electron chi connectivity index (χ3n) is 4.61. The number of thioether (sulfide) groups is 1. The van der Waals surface area contributed by atoms with Gasteiger partial charge >= 0.3 is 0 Å². The molecule has 0 aliphatic carbocycles. The fraction of sp³-hybridized carbons (Fsp3) is 0.318. The summed E-state index contributed by atoms with van der Waals surface area (Å²) < 4.78 is 12.7. The van der Waals surface area contributed by atoms with Gasteiger partial charge in [0.15, 0.2) is 16.7 Å². The summed E-state index contributed by atoms with van der Waals surface area (Å²) in [4.78, 5) is 12.5. The van der Waals surface area contributed by atoms with E-state index in [1.807, 2.05) is 24.3 Å². The zero-order valence-electron chi connectivity index (χ0n) is 17.3. The van der Waals surface area contributed by atoms with Gasteiger partial charge in [0, 0.05) is 29.7 Å². The van der Waals surface area contributed by atoms with Crippen LogP contribution in [-0.2, 0) is 17.8 Å². The van der Waals surface area contributed by atoms with Crippen LogP contribution in [0, 0.1) is 5.92 Å². The van der Waals surface area contributed by atoms with Crippen molar-refractivity contribution in [3.05, 3.63) is 58.9 Å². The lowest BCUT2D eigenvalue weighted by Crippen LogP contribution is -2.15. The maximum atomic E-state index is 12.5. The number of amides is 1. The number of rotatable bonds is 8. The third kappa shape index (κ3) is 5.51. The molecule has 1 aliphatic rings. The zero-order chi connectivity index (χ0) is 21.8. The normalized spacial score (nSPS) is 12.4. The van der Waals surface area contributed by atoms with Gasteiger partial charge in [0.2, 0.25) is 12.7 Å². The van der Waals surface area contributed by atoms with Crippen LogP contribution < -0.4 is 14.8 Å². The fourth-order valence-electron chi connectivity index (χ4n) is 3.19. The maximum absolute atomic E-state index is 12.5. The number of halogens is 1. The summed E-state index contributed by atoms with van der Waals surface area (Å²) in [6, 6.07) is 13.1.